The molecule has 0 spiro atoms. The van der Waals surface area contributed by atoms with E-state index in [1.807, 2.05) is 47.5 Å². The fourth-order valence-electron chi connectivity index (χ4n) is 6.26. The SMILES string of the molecule is CCCC(C)N1Cc2cc(NC(=O)Cc3ccc(CN(C)CCn4c5ccccc5c5cccnc54)cc3)ccc2C1=O. The van der Waals surface area contributed by atoms with Crippen LogP contribution < -0.4 is 5.32 Å². The zero-order chi connectivity index (χ0) is 29.9. The lowest BCUT2D eigenvalue weighted by molar-refractivity contribution is -0.115. The molecule has 0 aliphatic carbocycles. The minimum Gasteiger partial charge on any atom is -0.332 e. The van der Waals surface area contributed by atoms with Crippen LogP contribution in [-0.4, -0.2) is 50.8 Å². The number of hydrogen-bond donors (Lipinski definition) is 1. The molecule has 43 heavy (non-hydrogen) atoms. The molecule has 7 nitrogen and oxygen atoms in total. The molecule has 1 aliphatic heterocycles. The minimum absolute atomic E-state index is 0.0647. The summed E-state index contributed by atoms with van der Waals surface area (Å²) in [6.07, 6.45) is 4.19. The highest BCUT2D eigenvalue weighted by molar-refractivity contribution is 6.06. The Morgan fingerprint density at radius 1 is 1.00 bits per heavy atom. The van der Waals surface area contributed by atoms with Crippen molar-refractivity contribution < 1.29 is 9.59 Å². The van der Waals surface area contributed by atoms with E-state index >= 15 is 0 Å². The number of carbonyl (C=O) groups excluding carboxylic acids is 2. The number of anilines is 1. The maximum Gasteiger partial charge on any atom is 0.254 e. The third-order valence-electron chi connectivity index (χ3n) is 8.53. The van der Waals surface area contributed by atoms with Crippen molar-refractivity contribution in [1.82, 2.24) is 19.4 Å². The summed E-state index contributed by atoms with van der Waals surface area (Å²) in [6.45, 7) is 7.39. The van der Waals surface area contributed by atoms with Gasteiger partial charge in [-0.2, -0.15) is 0 Å². The molecule has 6 rings (SSSR count). The molecule has 0 saturated heterocycles. The number of para-hydroxylation sites is 1. The second-order valence-corrected chi connectivity index (χ2v) is 11.8. The van der Waals surface area contributed by atoms with E-state index in [1.54, 1.807) is 0 Å². The number of nitrogens with zero attached hydrogens (tertiary/aromatic N) is 4. The summed E-state index contributed by atoms with van der Waals surface area (Å²) in [5, 5.41) is 5.45. The summed E-state index contributed by atoms with van der Waals surface area (Å²) >= 11 is 0. The Bertz CT molecular complexity index is 1720. The lowest BCUT2D eigenvalue weighted by atomic mass is 10.1. The molecule has 0 saturated carbocycles. The van der Waals surface area contributed by atoms with E-state index in [1.165, 1.54) is 21.9 Å². The summed E-state index contributed by atoms with van der Waals surface area (Å²) < 4.78 is 2.31. The van der Waals surface area contributed by atoms with Gasteiger partial charge in [0.1, 0.15) is 5.65 Å². The first-order valence-electron chi connectivity index (χ1n) is 15.2. The molecule has 2 aromatic heterocycles. The smallest absolute Gasteiger partial charge is 0.254 e. The van der Waals surface area contributed by atoms with Crippen molar-refractivity contribution >= 4 is 39.4 Å². The van der Waals surface area contributed by atoms with Gasteiger partial charge in [-0.1, -0.05) is 55.8 Å². The number of fused-ring (bicyclic) bond motifs is 4. The van der Waals surface area contributed by atoms with Crippen molar-refractivity contribution in [2.45, 2.75) is 58.8 Å². The van der Waals surface area contributed by atoms with Crippen molar-refractivity contribution in [3.8, 4) is 0 Å². The Morgan fingerprint density at radius 3 is 2.58 bits per heavy atom. The molecule has 2 amide bonds. The summed E-state index contributed by atoms with van der Waals surface area (Å²) in [6, 6.07) is 26.7. The molecule has 0 bridgehead atoms. The van der Waals surface area contributed by atoms with Gasteiger partial charge in [-0.15, -0.1) is 0 Å². The van der Waals surface area contributed by atoms with Crippen molar-refractivity contribution in [3.05, 3.63) is 107 Å². The molecule has 3 aromatic carbocycles. The molecule has 1 N–H and O–H groups in total. The largest absolute Gasteiger partial charge is 0.332 e. The fraction of sp³-hybridized carbons (Fsp3) is 0.306. The molecule has 220 valence electrons. The fourth-order valence-corrected chi connectivity index (χ4v) is 6.26. The predicted octanol–water partition coefficient (Wildman–Crippen LogP) is 6.65. The van der Waals surface area contributed by atoms with Gasteiger partial charge in [0.25, 0.3) is 5.91 Å². The van der Waals surface area contributed by atoms with E-state index in [0.717, 1.165) is 60.5 Å². The predicted molar refractivity (Wildman–Crippen MR) is 173 cm³/mol. The third-order valence-corrected chi connectivity index (χ3v) is 8.53. The van der Waals surface area contributed by atoms with Crippen LogP contribution in [0.3, 0.4) is 0 Å². The van der Waals surface area contributed by atoms with E-state index in [9.17, 15) is 9.59 Å². The number of aromatic nitrogens is 2. The molecular formula is C36H39N5O2. The van der Waals surface area contributed by atoms with Crippen molar-refractivity contribution in [1.29, 1.82) is 0 Å². The Balaban J connectivity index is 1.02. The average molecular weight is 574 g/mol. The Kier molecular flexibility index (Phi) is 8.25. The summed E-state index contributed by atoms with van der Waals surface area (Å²) in [4.78, 5) is 34.6. The molecule has 7 heteroatoms. The molecule has 3 heterocycles. The van der Waals surface area contributed by atoms with Crippen LogP contribution in [0.15, 0.2) is 85.1 Å². The monoisotopic (exact) mass is 573 g/mol. The molecular weight excluding hydrogens is 534 g/mol. The first kappa shape index (κ1) is 28.6. The zero-order valence-electron chi connectivity index (χ0n) is 25.2. The van der Waals surface area contributed by atoms with E-state index < -0.39 is 0 Å². The summed E-state index contributed by atoms with van der Waals surface area (Å²) in [5.74, 6) is 0.0217. The molecule has 1 atom stereocenters. The van der Waals surface area contributed by atoms with Crippen LogP contribution >= 0.6 is 0 Å². The maximum absolute atomic E-state index is 12.8. The number of nitrogens with one attached hydrogen (secondary N) is 1. The molecule has 1 aliphatic rings. The lowest BCUT2D eigenvalue weighted by Crippen LogP contribution is -2.33. The Labute approximate surface area is 253 Å². The van der Waals surface area contributed by atoms with Gasteiger partial charge in [-0.25, -0.2) is 4.98 Å². The second-order valence-electron chi connectivity index (χ2n) is 11.8. The highest BCUT2D eigenvalue weighted by Gasteiger charge is 2.30. The average Bonchev–Trinajstić information content (AvgIpc) is 3.51. The van der Waals surface area contributed by atoms with Crippen LogP contribution in [0.5, 0.6) is 0 Å². The number of benzene rings is 3. The number of pyridine rings is 1. The topological polar surface area (TPSA) is 70.5 Å². The van der Waals surface area contributed by atoms with Gasteiger partial charge in [-0.3, -0.25) is 9.59 Å². The summed E-state index contributed by atoms with van der Waals surface area (Å²) in [5.41, 5.74) is 6.87. The molecule has 1 unspecified atom stereocenters. The van der Waals surface area contributed by atoms with E-state index in [4.69, 9.17) is 0 Å². The highest BCUT2D eigenvalue weighted by Crippen LogP contribution is 2.29. The third kappa shape index (κ3) is 6.04. The molecule has 5 aromatic rings. The quantitative estimate of drug-likeness (QED) is 0.192. The maximum atomic E-state index is 12.8. The standard InChI is InChI=1S/C36H39N5O2/c1-4-8-25(2)41-24-28-22-29(16-17-30(28)36(41)43)38-34(42)21-26-12-14-27(15-13-26)23-39(3)19-20-40-33-11-6-5-9-31(33)32-10-7-18-37-35(32)40/h5-7,9-18,22,25H,4,8,19-21,23-24H2,1-3H3,(H,38,42). The van der Waals surface area contributed by atoms with Crippen LogP contribution in [0.4, 0.5) is 5.69 Å². The highest BCUT2D eigenvalue weighted by atomic mass is 16.2. The van der Waals surface area contributed by atoms with E-state index in [0.29, 0.717) is 13.0 Å². The Morgan fingerprint density at radius 2 is 1.77 bits per heavy atom. The van der Waals surface area contributed by atoms with Gasteiger partial charge in [0.2, 0.25) is 5.91 Å². The van der Waals surface area contributed by atoms with Crippen molar-refractivity contribution in [2.24, 2.45) is 0 Å². The number of likely N-dealkylation sites (N-methyl/N-ethyl adjacent to an activating group) is 1. The van der Waals surface area contributed by atoms with E-state index in [2.05, 4.69) is 83.1 Å². The van der Waals surface area contributed by atoms with Gasteiger partial charge in [-0.05, 0) is 73.5 Å². The first-order chi connectivity index (χ1) is 20.9. The van der Waals surface area contributed by atoms with Crippen LogP contribution in [0, 0.1) is 0 Å². The number of carbonyl (C=O) groups is 2. The zero-order valence-corrected chi connectivity index (χ0v) is 25.2. The first-order valence-corrected chi connectivity index (χ1v) is 15.2. The van der Waals surface area contributed by atoms with Gasteiger partial charge in [0.05, 0.1) is 11.9 Å². The normalized spacial score (nSPS) is 13.7. The van der Waals surface area contributed by atoms with Crippen LogP contribution in [0.1, 0.15) is 53.7 Å². The van der Waals surface area contributed by atoms with Gasteiger partial charge in [0.15, 0.2) is 0 Å². The number of rotatable bonds is 11. The van der Waals surface area contributed by atoms with Crippen LogP contribution in [-0.2, 0) is 30.8 Å². The lowest BCUT2D eigenvalue weighted by Gasteiger charge is -2.23. The molecule has 0 radical (unpaired) electrons. The molecule has 0 fully saturated rings. The van der Waals surface area contributed by atoms with Gasteiger partial charge in [0, 0.05) is 60.4 Å². The van der Waals surface area contributed by atoms with Crippen LogP contribution in [0.2, 0.25) is 0 Å². The van der Waals surface area contributed by atoms with E-state index in [-0.39, 0.29) is 17.9 Å². The number of amides is 2. The minimum atomic E-state index is -0.0647. The van der Waals surface area contributed by atoms with Crippen molar-refractivity contribution in [3.63, 3.8) is 0 Å². The number of hydrogen-bond acceptors (Lipinski definition) is 4. The van der Waals surface area contributed by atoms with Crippen LogP contribution in [0.25, 0.3) is 21.9 Å². The van der Waals surface area contributed by atoms with Crippen molar-refractivity contribution in [2.75, 3.05) is 18.9 Å². The van der Waals surface area contributed by atoms with Gasteiger partial charge >= 0.3 is 0 Å². The van der Waals surface area contributed by atoms with Gasteiger partial charge < -0.3 is 19.7 Å². The Hall–Kier alpha value is -4.49. The summed E-state index contributed by atoms with van der Waals surface area (Å²) in [7, 11) is 2.14. The second kappa shape index (κ2) is 12.4.